The Morgan fingerprint density at radius 3 is 2.91 bits per heavy atom. The van der Waals surface area contributed by atoms with Gasteiger partial charge in [-0.1, -0.05) is 37.3 Å². The standard InChI is InChI=1S/C17H24N4OS/c1-3-15(19-17-18-13(2)20-23-17)16-12-21(9-10-22-16)11-14-7-5-4-6-8-14/h4-8,15-16H,3,9-12H2,1-2H3,(H,18,19,20). The van der Waals surface area contributed by atoms with Crippen molar-refractivity contribution in [2.45, 2.75) is 39.0 Å². The van der Waals surface area contributed by atoms with Crippen LogP contribution in [-0.4, -0.2) is 46.1 Å². The van der Waals surface area contributed by atoms with Gasteiger partial charge in [-0.05, 0) is 18.9 Å². The topological polar surface area (TPSA) is 50.3 Å². The summed E-state index contributed by atoms with van der Waals surface area (Å²) in [7, 11) is 0. The molecule has 6 heteroatoms. The Bertz CT molecular complexity index is 604. The van der Waals surface area contributed by atoms with Crippen LogP contribution in [0.5, 0.6) is 0 Å². The van der Waals surface area contributed by atoms with E-state index < -0.39 is 0 Å². The number of aryl methyl sites for hydroxylation is 1. The Morgan fingerprint density at radius 1 is 1.39 bits per heavy atom. The van der Waals surface area contributed by atoms with Gasteiger partial charge in [-0.15, -0.1) is 0 Å². The molecule has 1 saturated heterocycles. The molecule has 124 valence electrons. The zero-order chi connectivity index (χ0) is 16.1. The van der Waals surface area contributed by atoms with Crippen molar-refractivity contribution in [1.82, 2.24) is 14.3 Å². The summed E-state index contributed by atoms with van der Waals surface area (Å²) in [6.45, 7) is 7.80. The molecule has 0 saturated carbocycles. The molecule has 3 rings (SSSR count). The van der Waals surface area contributed by atoms with Crippen molar-refractivity contribution >= 4 is 16.7 Å². The van der Waals surface area contributed by atoms with Gasteiger partial charge in [0.05, 0.1) is 18.8 Å². The van der Waals surface area contributed by atoms with Crippen LogP contribution in [0.15, 0.2) is 30.3 Å². The van der Waals surface area contributed by atoms with Gasteiger partial charge >= 0.3 is 0 Å². The molecule has 23 heavy (non-hydrogen) atoms. The molecule has 0 aliphatic carbocycles. The van der Waals surface area contributed by atoms with Crippen LogP contribution in [0.25, 0.3) is 0 Å². The van der Waals surface area contributed by atoms with E-state index in [0.29, 0.717) is 0 Å². The second kappa shape index (κ2) is 7.86. The molecule has 1 aromatic heterocycles. The minimum atomic E-state index is 0.182. The summed E-state index contributed by atoms with van der Waals surface area (Å²) in [5.41, 5.74) is 1.36. The number of anilines is 1. The minimum absolute atomic E-state index is 0.182. The third-order valence-corrected chi connectivity index (χ3v) is 4.89. The van der Waals surface area contributed by atoms with E-state index >= 15 is 0 Å². The molecule has 1 aliphatic heterocycles. The molecule has 0 amide bonds. The molecule has 2 unspecified atom stereocenters. The molecular formula is C17H24N4OS. The Morgan fingerprint density at radius 2 is 2.22 bits per heavy atom. The molecule has 1 fully saturated rings. The van der Waals surface area contributed by atoms with Gasteiger partial charge in [0, 0.05) is 31.2 Å². The smallest absolute Gasteiger partial charge is 0.202 e. The Kier molecular flexibility index (Phi) is 5.59. The van der Waals surface area contributed by atoms with Crippen LogP contribution in [0.1, 0.15) is 24.7 Å². The summed E-state index contributed by atoms with van der Waals surface area (Å²) in [6, 6.07) is 10.9. The Balaban J connectivity index is 1.59. The largest absolute Gasteiger partial charge is 0.373 e. The highest BCUT2D eigenvalue weighted by Crippen LogP contribution is 2.19. The number of morpholine rings is 1. The van der Waals surface area contributed by atoms with Crippen molar-refractivity contribution in [1.29, 1.82) is 0 Å². The fourth-order valence-electron chi connectivity index (χ4n) is 2.93. The molecule has 2 heterocycles. The lowest BCUT2D eigenvalue weighted by atomic mass is 10.1. The average molecular weight is 332 g/mol. The van der Waals surface area contributed by atoms with Gasteiger partial charge in [0.1, 0.15) is 5.82 Å². The van der Waals surface area contributed by atoms with Gasteiger partial charge in [-0.3, -0.25) is 4.90 Å². The van der Waals surface area contributed by atoms with E-state index in [1.807, 2.05) is 6.92 Å². The number of rotatable bonds is 6. The molecule has 0 spiro atoms. The van der Waals surface area contributed by atoms with Crippen LogP contribution >= 0.6 is 11.5 Å². The fraction of sp³-hybridized carbons (Fsp3) is 0.529. The average Bonchev–Trinajstić information content (AvgIpc) is 2.99. The second-order valence-electron chi connectivity index (χ2n) is 5.94. The van der Waals surface area contributed by atoms with Crippen molar-refractivity contribution in [3.8, 4) is 0 Å². The maximum atomic E-state index is 6.03. The van der Waals surface area contributed by atoms with Crippen LogP contribution in [0, 0.1) is 6.92 Å². The lowest BCUT2D eigenvalue weighted by molar-refractivity contribution is -0.0402. The van der Waals surface area contributed by atoms with Crippen molar-refractivity contribution in [3.05, 3.63) is 41.7 Å². The quantitative estimate of drug-likeness (QED) is 0.881. The van der Waals surface area contributed by atoms with E-state index in [9.17, 15) is 0 Å². The van der Waals surface area contributed by atoms with E-state index in [1.165, 1.54) is 17.1 Å². The summed E-state index contributed by atoms with van der Waals surface area (Å²) >= 11 is 1.42. The molecule has 2 aromatic rings. The molecule has 1 N–H and O–H groups in total. The number of hydrogen-bond acceptors (Lipinski definition) is 6. The van der Waals surface area contributed by atoms with Crippen molar-refractivity contribution in [2.75, 3.05) is 25.0 Å². The molecular weight excluding hydrogens is 308 g/mol. The number of benzene rings is 1. The Labute approximate surface area is 141 Å². The predicted octanol–water partition coefficient (Wildman–Crippen LogP) is 2.94. The van der Waals surface area contributed by atoms with Gasteiger partial charge in [0.2, 0.25) is 5.13 Å². The van der Waals surface area contributed by atoms with Gasteiger partial charge in [-0.25, -0.2) is 4.98 Å². The van der Waals surface area contributed by atoms with E-state index in [1.54, 1.807) is 0 Å². The van der Waals surface area contributed by atoms with Crippen molar-refractivity contribution in [2.24, 2.45) is 0 Å². The Hall–Kier alpha value is -1.50. The molecule has 0 bridgehead atoms. The number of ether oxygens (including phenoxy) is 1. The van der Waals surface area contributed by atoms with Gasteiger partial charge in [0.25, 0.3) is 0 Å². The van der Waals surface area contributed by atoms with E-state index in [4.69, 9.17) is 4.74 Å². The first kappa shape index (κ1) is 16.4. The highest BCUT2D eigenvalue weighted by Gasteiger charge is 2.27. The second-order valence-corrected chi connectivity index (χ2v) is 6.69. The minimum Gasteiger partial charge on any atom is -0.373 e. The van der Waals surface area contributed by atoms with Gasteiger partial charge in [0.15, 0.2) is 0 Å². The number of nitrogens with zero attached hydrogens (tertiary/aromatic N) is 3. The first-order valence-corrected chi connectivity index (χ1v) is 8.96. The van der Waals surface area contributed by atoms with Crippen LogP contribution < -0.4 is 5.32 Å². The highest BCUT2D eigenvalue weighted by atomic mass is 32.1. The summed E-state index contributed by atoms with van der Waals surface area (Å²) < 4.78 is 10.3. The predicted molar refractivity (Wildman–Crippen MR) is 93.8 cm³/mol. The highest BCUT2D eigenvalue weighted by molar-refractivity contribution is 7.09. The first-order chi connectivity index (χ1) is 11.2. The van der Waals surface area contributed by atoms with Crippen LogP contribution in [0.3, 0.4) is 0 Å². The number of aromatic nitrogens is 2. The SMILES string of the molecule is CCC(Nc1nc(C)ns1)C1CN(Cc2ccccc2)CCO1. The maximum absolute atomic E-state index is 6.03. The number of nitrogens with one attached hydrogen (secondary N) is 1. The summed E-state index contributed by atoms with van der Waals surface area (Å²) in [5.74, 6) is 0.822. The third kappa shape index (κ3) is 4.50. The summed E-state index contributed by atoms with van der Waals surface area (Å²) in [6.07, 6.45) is 1.18. The summed E-state index contributed by atoms with van der Waals surface area (Å²) in [4.78, 5) is 6.88. The van der Waals surface area contributed by atoms with E-state index in [0.717, 1.165) is 43.6 Å². The van der Waals surface area contributed by atoms with Crippen molar-refractivity contribution < 1.29 is 4.74 Å². The molecule has 1 aromatic carbocycles. The zero-order valence-electron chi connectivity index (χ0n) is 13.7. The van der Waals surface area contributed by atoms with Crippen LogP contribution in [-0.2, 0) is 11.3 Å². The molecule has 0 radical (unpaired) electrons. The lowest BCUT2D eigenvalue weighted by Crippen LogP contribution is -2.49. The zero-order valence-corrected chi connectivity index (χ0v) is 14.6. The van der Waals surface area contributed by atoms with Crippen LogP contribution in [0.4, 0.5) is 5.13 Å². The molecule has 2 atom stereocenters. The van der Waals surface area contributed by atoms with E-state index in [2.05, 4.69) is 56.8 Å². The van der Waals surface area contributed by atoms with Crippen molar-refractivity contribution in [3.63, 3.8) is 0 Å². The maximum Gasteiger partial charge on any atom is 0.202 e. The normalized spacial score (nSPS) is 20.3. The summed E-state index contributed by atoms with van der Waals surface area (Å²) in [5, 5.41) is 4.38. The molecule has 1 aliphatic rings. The molecule has 5 nitrogen and oxygen atoms in total. The fourth-order valence-corrected chi connectivity index (χ4v) is 3.57. The van der Waals surface area contributed by atoms with Gasteiger partial charge in [-0.2, -0.15) is 4.37 Å². The van der Waals surface area contributed by atoms with E-state index in [-0.39, 0.29) is 12.1 Å². The third-order valence-electron chi connectivity index (χ3n) is 4.15. The number of hydrogen-bond donors (Lipinski definition) is 1. The van der Waals surface area contributed by atoms with Gasteiger partial charge < -0.3 is 10.1 Å². The lowest BCUT2D eigenvalue weighted by Gasteiger charge is -2.37. The first-order valence-electron chi connectivity index (χ1n) is 8.19. The van der Waals surface area contributed by atoms with Crippen LogP contribution in [0.2, 0.25) is 0 Å². The monoisotopic (exact) mass is 332 g/mol.